The zero-order valence-electron chi connectivity index (χ0n) is 9.22. The van der Waals surface area contributed by atoms with E-state index in [0.29, 0.717) is 5.82 Å². The average Bonchev–Trinajstić information content (AvgIpc) is 2.61. The molecule has 0 aliphatic heterocycles. The van der Waals surface area contributed by atoms with Crippen molar-refractivity contribution in [1.82, 2.24) is 9.55 Å². The largest absolute Gasteiger partial charge is 0.481 e. The highest BCUT2D eigenvalue weighted by molar-refractivity contribution is 5.70. The number of halogens is 1. The topological polar surface area (TPSA) is 55.1 Å². The second-order valence-electron chi connectivity index (χ2n) is 3.70. The Balaban J connectivity index is 2.37. The molecule has 0 saturated heterocycles. The molecule has 4 nitrogen and oxygen atoms in total. The van der Waals surface area contributed by atoms with Crippen molar-refractivity contribution in [2.24, 2.45) is 7.05 Å². The third-order valence-electron chi connectivity index (χ3n) is 2.53. The Hall–Kier alpha value is -2.17. The lowest BCUT2D eigenvalue weighted by molar-refractivity contribution is -0.136. The summed E-state index contributed by atoms with van der Waals surface area (Å²) in [6.45, 7) is 0. The molecule has 88 valence electrons. The normalized spacial score (nSPS) is 10.5. The number of carboxylic acids is 1. The second-order valence-corrected chi connectivity index (χ2v) is 3.70. The number of hydrogen-bond acceptors (Lipinski definition) is 2. The molecule has 1 N–H and O–H groups in total. The van der Waals surface area contributed by atoms with Gasteiger partial charge in [-0.2, -0.15) is 0 Å². The molecule has 1 aromatic carbocycles. The van der Waals surface area contributed by atoms with Gasteiger partial charge in [-0.05, 0) is 29.8 Å². The third kappa shape index (κ3) is 2.33. The summed E-state index contributed by atoms with van der Waals surface area (Å²) < 4.78 is 14.5. The fourth-order valence-corrected chi connectivity index (χ4v) is 1.64. The van der Waals surface area contributed by atoms with Crippen LogP contribution in [0.4, 0.5) is 4.39 Å². The SMILES string of the molecule is Cn1c(-c2ccc(F)cc2)cnc1CC(=O)O. The van der Waals surface area contributed by atoms with Gasteiger partial charge >= 0.3 is 5.97 Å². The minimum Gasteiger partial charge on any atom is -0.481 e. The Kier molecular flexibility index (Phi) is 2.91. The van der Waals surface area contributed by atoms with Crippen molar-refractivity contribution in [3.63, 3.8) is 0 Å². The van der Waals surface area contributed by atoms with Gasteiger partial charge in [0, 0.05) is 7.05 Å². The molecule has 0 fully saturated rings. The van der Waals surface area contributed by atoms with E-state index in [4.69, 9.17) is 5.11 Å². The molecule has 0 aliphatic carbocycles. The highest BCUT2D eigenvalue weighted by atomic mass is 19.1. The third-order valence-corrected chi connectivity index (χ3v) is 2.53. The molecule has 1 heterocycles. The smallest absolute Gasteiger partial charge is 0.311 e. The van der Waals surface area contributed by atoms with Crippen molar-refractivity contribution >= 4 is 5.97 Å². The molecule has 0 radical (unpaired) electrons. The summed E-state index contributed by atoms with van der Waals surface area (Å²) in [7, 11) is 1.74. The average molecular weight is 234 g/mol. The van der Waals surface area contributed by atoms with Gasteiger partial charge in [0.15, 0.2) is 0 Å². The maximum absolute atomic E-state index is 12.8. The van der Waals surface area contributed by atoms with Gasteiger partial charge in [-0.25, -0.2) is 9.37 Å². The standard InChI is InChI=1S/C12H11FN2O2/c1-15-10(7-14-11(15)6-12(16)17)8-2-4-9(13)5-3-8/h2-5,7H,6H2,1H3,(H,16,17). The number of carboxylic acid groups (broad SMARTS) is 1. The van der Waals surface area contributed by atoms with E-state index in [-0.39, 0.29) is 12.2 Å². The first-order chi connectivity index (χ1) is 8.08. The molecule has 17 heavy (non-hydrogen) atoms. The lowest BCUT2D eigenvalue weighted by atomic mass is 10.1. The van der Waals surface area contributed by atoms with Crippen LogP contribution in [0.15, 0.2) is 30.5 Å². The van der Waals surface area contributed by atoms with E-state index in [1.807, 2.05) is 0 Å². The maximum Gasteiger partial charge on any atom is 0.311 e. The highest BCUT2D eigenvalue weighted by Crippen LogP contribution is 2.20. The molecule has 1 aromatic heterocycles. The molecular weight excluding hydrogens is 223 g/mol. The van der Waals surface area contributed by atoms with E-state index in [2.05, 4.69) is 4.98 Å². The summed E-state index contributed by atoms with van der Waals surface area (Å²) in [5.41, 5.74) is 1.57. The Morgan fingerprint density at radius 2 is 2.06 bits per heavy atom. The molecule has 0 unspecified atom stereocenters. The van der Waals surface area contributed by atoms with Crippen LogP contribution in [0.1, 0.15) is 5.82 Å². The fourth-order valence-electron chi connectivity index (χ4n) is 1.64. The van der Waals surface area contributed by atoms with Gasteiger partial charge in [-0.15, -0.1) is 0 Å². The molecule has 0 atom stereocenters. The van der Waals surface area contributed by atoms with E-state index in [1.165, 1.54) is 12.1 Å². The Bertz CT molecular complexity index is 546. The highest BCUT2D eigenvalue weighted by Gasteiger charge is 2.11. The lowest BCUT2D eigenvalue weighted by Crippen LogP contribution is -2.07. The first-order valence-corrected chi connectivity index (χ1v) is 5.06. The predicted octanol–water partition coefficient (Wildman–Crippen LogP) is 1.85. The van der Waals surface area contributed by atoms with Gasteiger partial charge in [-0.3, -0.25) is 4.79 Å². The van der Waals surface area contributed by atoms with Gasteiger partial charge < -0.3 is 9.67 Å². The van der Waals surface area contributed by atoms with Crippen LogP contribution >= 0.6 is 0 Å². The monoisotopic (exact) mass is 234 g/mol. The predicted molar refractivity (Wildman–Crippen MR) is 59.9 cm³/mol. The second kappa shape index (κ2) is 4.37. The van der Waals surface area contributed by atoms with Crippen LogP contribution in [-0.4, -0.2) is 20.6 Å². The fraction of sp³-hybridized carbons (Fsp3) is 0.167. The van der Waals surface area contributed by atoms with Crippen molar-refractivity contribution in [2.75, 3.05) is 0 Å². The van der Waals surface area contributed by atoms with Crippen LogP contribution in [0.25, 0.3) is 11.3 Å². The summed E-state index contributed by atoms with van der Waals surface area (Å²) in [5.74, 6) is -0.761. The van der Waals surface area contributed by atoms with Crippen LogP contribution < -0.4 is 0 Å². The summed E-state index contributed by atoms with van der Waals surface area (Å²) in [5, 5.41) is 8.70. The first kappa shape index (κ1) is 11.3. The number of hydrogen-bond donors (Lipinski definition) is 1. The number of rotatable bonds is 3. The van der Waals surface area contributed by atoms with Gasteiger partial charge in [0.05, 0.1) is 11.9 Å². The number of aromatic nitrogens is 2. The zero-order chi connectivity index (χ0) is 12.4. The van der Waals surface area contributed by atoms with E-state index in [0.717, 1.165) is 11.3 Å². The molecule has 5 heteroatoms. The van der Waals surface area contributed by atoms with E-state index < -0.39 is 5.97 Å². The molecular formula is C12H11FN2O2. The van der Waals surface area contributed by atoms with Gasteiger partial charge in [0.1, 0.15) is 18.1 Å². The number of benzene rings is 1. The van der Waals surface area contributed by atoms with Crippen LogP contribution in [0, 0.1) is 5.82 Å². The Morgan fingerprint density at radius 1 is 1.41 bits per heavy atom. The van der Waals surface area contributed by atoms with Gasteiger partial charge in [0.2, 0.25) is 0 Å². The van der Waals surface area contributed by atoms with E-state index >= 15 is 0 Å². The summed E-state index contributed by atoms with van der Waals surface area (Å²) in [4.78, 5) is 14.7. The number of carbonyl (C=O) groups is 1. The van der Waals surface area contributed by atoms with E-state index in [1.54, 1.807) is 29.9 Å². The van der Waals surface area contributed by atoms with Crippen molar-refractivity contribution in [1.29, 1.82) is 0 Å². The lowest BCUT2D eigenvalue weighted by Gasteiger charge is -2.04. The quantitative estimate of drug-likeness (QED) is 0.881. The van der Waals surface area contributed by atoms with Crippen molar-refractivity contribution in [3.8, 4) is 11.3 Å². The zero-order valence-corrected chi connectivity index (χ0v) is 9.22. The molecule has 2 rings (SSSR count). The van der Waals surface area contributed by atoms with Crippen LogP contribution in [0.3, 0.4) is 0 Å². The summed E-state index contributed by atoms with van der Waals surface area (Å²) in [6, 6.07) is 5.99. The first-order valence-electron chi connectivity index (χ1n) is 5.06. The van der Waals surface area contributed by atoms with Crippen molar-refractivity contribution < 1.29 is 14.3 Å². The van der Waals surface area contributed by atoms with Gasteiger partial charge in [-0.1, -0.05) is 0 Å². The van der Waals surface area contributed by atoms with E-state index in [9.17, 15) is 9.18 Å². The van der Waals surface area contributed by atoms with Crippen molar-refractivity contribution in [3.05, 3.63) is 42.1 Å². The molecule has 0 amide bonds. The van der Waals surface area contributed by atoms with Crippen molar-refractivity contribution in [2.45, 2.75) is 6.42 Å². The summed E-state index contributed by atoms with van der Waals surface area (Å²) in [6.07, 6.45) is 1.46. The minimum atomic E-state index is -0.927. The Morgan fingerprint density at radius 3 is 2.65 bits per heavy atom. The number of nitrogens with zero attached hydrogens (tertiary/aromatic N) is 2. The minimum absolute atomic E-state index is 0.127. The molecule has 0 spiro atoms. The number of aliphatic carboxylic acids is 1. The van der Waals surface area contributed by atoms with Crippen LogP contribution in [-0.2, 0) is 18.3 Å². The summed E-state index contributed by atoms with van der Waals surface area (Å²) >= 11 is 0. The Labute approximate surface area is 97.3 Å². The molecule has 0 aliphatic rings. The molecule has 0 saturated carbocycles. The number of imidazole rings is 1. The molecule has 0 bridgehead atoms. The van der Waals surface area contributed by atoms with Crippen LogP contribution in [0.5, 0.6) is 0 Å². The van der Waals surface area contributed by atoms with Gasteiger partial charge in [0.25, 0.3) is 0 Å². The van der Waals surface area contributed by atoms with Crippen LogP contribution in [0.2, 0.25) is 0 Å². The molecule has 2 aromatic rings. The maximum atomic E-state index is 12.8.